The van der Waals surface area contributed by atoms with E-state index >= 15 is 0 Å². The van der Waals surface area contributed by atoms with Crippen LogP contribution in [-0.4, -0.2) is 35.7 Å². The van der Waals surface area contributed by atoms with Gasteiger partial charge in [0.1, 0.15) is 0 Å². The minimum atomic E-state index is 0.129. The molecule has 2 rings (SSSR count). The van der Waals surface area contributed by atoms with E-state index in [0.717, 1.165) is 12.1 Å². The van der Waals surface area contributed by atoms with Crippen molar-refractivity contribution in [1.82, 2.24) is 10.2 Å². The molecule has 0 amide bonds. The molecule has 0 saturated carbocycles. The molecule has 2 N–H and O–H groups in total. The summed E-state index contributed by atoms with van der Waals surface area (Å²) in [6.07, 6.45) is 5.11. The van der Waals surface area contributed by atoms with Gasteiger partial charge in [-0.1, -0.05) is 31.2 Å². The lowest BCUT2D eigenvalue weighted by molar-refractivity contribution is 0.281. The van der Waals surface area contributed by atoms with E-state index in [1.165, 1.54) is 50.9 Å². The van der Waals surface area contributed by atoms with Gasteiger partial charge in [0.05, 0.1) is 6.61 Å². The summed E-state index contributed by atoms with van der Waals surface area (Å²) >= 11 is 0. The van der Waals surface area contributed by atoms with Gasteiger partial charge in [0.2, 0.25) is 0 Å². The van der Waals surface area contributed by atoms with Crippen LogP contribution in [0.2, 0.25) is 0 Å². The molecule has 1 unspecified atom stereocenters. The zero-order valence-corrected chi connectivity index (χ0v) is 12.6. The van der Waals surface area contributed by atoms with Gasteiger partial charge in [-0.25, -0.2) is 0 Å². The number of aliphatic hydroxyl groups is 1. The topological polar surface area (TPSA) is 35.5 Å². The second-order valence-corrected chi connectivity index (χ2v) is 5.82. The van der Waals surface area contributed by atoms with Crippen molar-refractivity contribution in [2.75, 3.05) is 19.6 Å². The molecular formula is C17H28N2O. The second kappa shape index (κ2) is 8.40. The molecule has 3 heteroatoms. The number of nitrogens with one attached hydrogen (secondary N) is 1. The number of benzene rings is 1. The summed E-state index contributed by atoms with van der Waals surface area (Å²) < 4.78 is 0. The van der Waals surface area contributed by atoms with Crippen LogP contribution in [0.1, 0.15) is 43.7 Å². The standard InChI is InChI=1S/C17H28N2O/c1-2-10-19-11-3-4-17(9-12-19)18-13-15-5-7-16(14-20)8-6-15/h5-8,17-18,20H,2-4,9-14H2,1H3. The minimum Gasteiger partial charge on any atom is -0.392 e. The van der Waals surface area contributed by atoms with Gasteiger partial charge in [-0.15, -0.1) is 0 Å². The number of rotatable bonds is 6. The molecule has 1 aromatic carbocycles. The van der Waals surface area contributed by atoms with Crippen molar-refractivity contribution in [2.24, 2.45) is 0 Å². The third-order valence-corrected chi connectivity index (χ3v) is 4.16. The Morgan fingerprint density at radius 3 is 2.60 bits per heavy atom. The summed E-state index contributed by atoms with van der Waals surface area (Å²) in [5.41, 5.74) is 2.29. The predicted molar refractivity (Wildman–Crippen MR) is 83.6 cm³/mol. The van der Waals surface area contributed by atoms with Crippen molar-refractivity contribution >= 4 is 0 Å². The molecule has 1 saturated heterocycles. The molecule has 1 aliphatic heterocycles. The molecule has 1 atom stereocenters. The maximum atomic E-state index is 9.04. The molecule has 1 heterocycles. The lowest BCUT2D eigenvalue weighted by Crippen LogP contribution is -2.30. The van der Waals surface area contributed by atoms with Crippen molar-refractivity contribution < 1.29 is 5.11 Å². The van der Waals surface area contributed by atoms with Crippen molar-refractivity contribution in [3.8, 4) is 0 Å². The van der Waals surface area contributed by atoms with E-state index < -0.39 is 0 Å². The normalized spacial score (nSPS) is 20.8. The molecular weight excluding hydrogens is 248 g/mol. The van der Waals surface area contributed by atoms with Gasteiger partial charge in [0.15, 0.2) is 0 Å². The summed E-state index contributed by atoms with van der Waals surface area (Å²) in [6, 6.07) is 8.88. The Morgan fingerprint density at radius 1 is 1.15 bits per heavy atom. The molecule has 20 heavy (non-hydrogen) atoms. The van der Waals surface area contributed by atoms with Crippen molar-refractivity contribution in [3.63, 3.8) is 0 Å². The monoisotopic (exact) mass is 276 g/mol. The van der Waals surface area contributed by atoms with E-state index in [-0.39, 0.29) is 6.61 Å². The summed E-state index contributed by atoms with van der Waals surface area (Å²) in [4.78, 5) is 2.59. The van der Waals surface area contributed by atoms with E-state index in [2.05, 4.69) is 29.3 Å². The molecule has 1 fully saturated rings. The molecule has 3 nitrogen and oxygen atoms in total. The quantitative estimate of drug-likeness (QED) is 0.838. The summed E-state index contributed by atoms with van der Waals surface area (Å²) in [6.45, 7) is 7.06. The van der Waals surface area contributed by atoms with Gasteiger partial charge >= 0.3 is 0 Å². The fourth-order valence-electron chi connectivity index (χ4n) is 2.92. The average Bonchev–Trinajstić information content (AvgIpc) is 2.71. The van der Waals surface area contributed by atoms with Crippen LogP contribution in [0.4, 0.5) is 0 Å². The molecule has 0 radical (unpaired) electrons. The van der Waals surface area contributed by atoms with Crippen LogP contribution in [0, 0.1) is 0 Å². The molecule has 0 spiro atoms. The minimum absolute atomic E-state index is 0.129. The number of nitrogens with zero attached hydrogens (tertiary/aromatic N) is 1. The number of hydrogen-bond acceptors (Lipinski definition) is 3. The molecule has 0 aromatic heterocycles. The molecule has 1 aliphatic rings. The first kappa shape index (κ1) is 15.5. The van der Waals surface area contributed by atoms with Crippen molar-refractivity contribution in [2.45, 2.75) is 51.8 Å². The lowest BCUT2D eigenvalue weighted by atomic mass is 10.1. The third kappa shape index (κ3) is 4.89. The van der Waals surface area contributed by atoms with Crippen LogP contribution in [0.15, 0.2) is 24.3 Å². The summed E-state index contributed by atoms with van der Waals surface area (Å²) in [7, 11) is 0. The highest BCUT2D eigenvalue weighted by molar-refractivity contribution is 5.21. The van der Waals surface area contributed by atoms with Gasteiger partial charge in [-0.05, 0) is 56.4 Å². The fraction of sp³-hybridized carbons (Fsp3) is 0.647. The average molecular weight is 276 g/mol. The van der Waals surface area contributed by atoms with Crippen molar-refractivity contribution in [1.29, 1.82) is 0 Å². The Bertz CT molecular complexity index is 377. The first-order chi connectivity index (χ1) is 9.81. The number of aliphatic hydroxyl groups excluding tert-OH is 1. The highest BCUT2D eigenvalue weighted by Gasteiger charge is 2.15. The largest absolute Gasteiger partial charge is 0.392 e. The second-order valence-electron chi connectivity index (χ2n) is 5.82. The van der Waals surface area contributed by atoms with Crippen LogP contribution in [0.5, 0.6) is 0 Å². The SMILES string of the molecule is CCCN1CCCC(NCc2ccc(CO)cc2)CC1. The van der Waals surface area contributed by atoms with Crippen LogP contribution >= 0.6 is 0 Å². The van der Waals surface area contributed by atoms with E-state index in [1.54, 1.807) is 0 Å². The summed E-state index contributed by atoms with van der Waals surface area (Å²) in [5.74, 6) is 0. The van der Waals surface area contributed by atoms with Crippen molar-refractivity contribution in [3.05, 3.63) is 35.4 Å². The predicted octanol–water partition coefficient (Wildman–Crippen LogP) is 2.53. The first-order valence-corrected chi connectivity index (χ1v) is 7.96. The van der Waals surface area contributed by atoms with Crippen LogP contribution < -0.4 is 5.32 Å². The maximum Gasteiger partial charge on any atom is 0.0681 e. The Balaban J connectivity index is 1.75. The van der Waals surface area contributed by atoms with E-state index in [4.69, 9.17) is 5.11 Å². The molecule has 0 aliphatic carbocycles. The Morgan fingerprint density at radius 2 is 1.90 bits per heavy atom. The zero-order chi connectivity index (χ0) is 14.2. The molecule has 1 aromatic rings. The zero-order valence-electron chi connectivity index (χ0n) is 12.6. The Kier molecular flexibility index (Phi) is 6.51. The van der Waals surface area contributed by atoms with Crippen LogP contribution in [-0.2, 0) is 13.2 Å². The van der Waals surface area contributed by atoms with Gasteiger partial charge in [-0.3, -0.25) is 0 Å². The lowest BCUT2D eigenvalue weighted by Gasteiger charge is -2.19. The molecule has 0 bridgehead atoms. The highest BCUT2D eigenvalue weighted by Crippen LogP contribution is 2.12. The van der Waals surface area contributed by atoms with Gasteiger partial charge < -0.3 is 15.3 Å². The Hall–Kier alpha value is -0.900. The summed E-state index contributed by atoms with van der Waals surface area (Å²) in [5, 5.41) is 12.7. The smallest absolute Gasteiger partial charge is 0.0681 e. The van der Waals surface area contributed by atoms with Crippen LogP contribution in [0.3, 0.4) is 0 Å². The first-order valence-electron chi connectivity index (χ1n) is 7.96. The van der Waals surface area contributed by atoms with Gasteiger partial charge in [0, 0.05) is 12.6 Å². The maximum absolute atomic E-state index is 9.04. The van der Waals surface area contributed by atoms with Gasteiger partial charge in [-0.2, -0.15) is 0 Å². The number of hydrogen-bond donors (Lipinski definition) is 2. The fourth-order valence-corrected chi connectivity index (χ4v) is 2.92. The van der Waals surface area contributed by atoms with Gasteiger partial charge in [0.25, 0.3) is 0 Å². The number of likely N-dealkylation sites (tertiary alicyclic amines) is 1. The Labute approximate surface area is 123 Å². The van der Waals surface area contributed by atoms with E-state index in [0.29, 0.717) is 6.04 Å². The van der Waals surface area contributed by atoms with E-state index in [1.807, 2.05) is 12.1 Å². The third-order valence-electron chi connectivity index (χ3n) is 4.16. The van der Waals surface area contributed by atoms with E-state index in [9.17, 15) is 0 Å². The molecule has 112 valence electrons. The van der Waals surface area contributed by atoms with Crippen LogP contribution in [0.25, 0.3) is 0 Å². The highest BCUT2D eigenvalue weighted by atomic mass is 16.3.